The minimum atomic E-state index is -0.623. The molecular weight excluding hydrogens is 184 g/mol. The average molecular weight is 190 g/mol. The van der Waals surface area contributed by atoms with Crippen LogP contribution in [-0.2, 0) is 0 Å². The minimum absolute atomic E-state index is 0.0860. The van der Waals surface area contributed by atoms with Crippen molar-refractivity contribution < 1.29 is 9.72 Å². The van der Waals surface area contributed by atoms with Gasteiger partial charge in [0.15, 0.2) is 0 Å². The van der Waals surface area contributed by atoms with E-state index in [1.165, 1.54) is 19.1 Å². The maximum Gasteiger partial charge on any atom is 0.289 e. The maximum atomic E-state index is 10.6. The van der Waals surface area contributed by atoms with Crippen LogP contribution in [0.4, 0.5) is 5.69 Å². The number of carbonyl (C=O) groups excluding carboxylic acids is 1. The van der Waals surface area contributed by atoms with Crippen LogP contribution in [0.15, 0.2) is 12.1 Å². The van der Waals surface area contributed by atoms with Crippen molar-refractivity contribution in [1.82, 2.24) is 0 Å². The molecule has 70 valence electrons. The third kappa shape index (κ3) is 1.59. The van der Waals surface area contributed by atoms with Crippen molar-refractivity contribution >= 4 is 12.0 Å². The first kappa shape index (κ1) is 9.86. The first-order valence-electron chi connectivity index (χ1n) is 3.74. The molecule has 5 heteroatoms. The Bertz CT molecular complexity index is 446. The zero-order valence-corrected chi connectivity index (χ0v) is 7.35. The van der Waals surface area contributed by atoms with Crippen molar-refractivity contribution in [3.63, 3.8) is 0 Å². The molecule has 0 fully saturated rings. The van der Waals surface area contributed by atoms with Gasteiger partial charge in [0, 0.05) is 11.1 Å². The molecule has 0 radical (unpaired) electrons. The zero-order chi connectivity index (χ0) is 10.7. The monoisotopic (exact) mass is 190 g/mol. The predicted molar refractivity (Wildman–Crippen MR) is 47.9 cm³/mol. The molecule has 5 nitrogen and oxygen atoms in total. The lowest BCUT2D eigenvalue weighted by Crippen LogP contribution is -1.97. The molecule has 0 atom stereocenters. The van der Waals surface area contributed by atoms with Crippen LogP contribution in [0.5, 0.6) is 0 Å². The molecule has 0 aliphatic heterocycles. The van der Waals surface area contributed by atoms with Crippen molar-refractivity contribution in [2.75, 3.05) is 0 Å². The fourth-order valence-corrected chi connectivity index (χ4v) is 1.20. The van der Waals surface area contributed by atoms with Crippen LogP contribution < -0.4 is 0 Å². The van der Waals surface area contributed by atoms with Crippen molar-refractivity contribution in [2.45, 2.75) is 6.92 Å². The Morgan fingerprint density at radius 2 is 2.21 bits per heavy atom. The van der Waals surface area contributed by atoms with Gasteiger partial charge < -0.3 is 0 Å². The van der Waals surface area contributed by atoms with E-state index in [-0.39, 0.29) is 16.8 Å². The summed E-state index contributed by atoms with van der Waals surface area (Å²) < 4.78 is 0. The molecule has 1 aromatic rings. The van der Waals surface area contributed by atoms with Crippen molar-refractivity contribution in [3.8, 4) is 6.07 Å². The smallest absolute Gasteiger partial charge is 0.289 e. The number of hydrogen-bond acceptors (Lipinski definition) is 4. The third-order valence-corrected chi connectivity index (χ3v) is 1.76. The lowest BCUT2D eigenvalue weighted by atomic mass is 10.1. The summed E-state index contributed by atoms with van der Waals surface area (Å²) in [6, 6.07) is 4.28. The fourth-order valence-electron chi connectivity index (χ4n) is 1.20. The van der Waals surface area contributed by atoms with E-state index in [0.717, 1.165) is 0 Å². The highest BCUT2D eigenvalue weighted by atomic mass is 16.6. The molecule has 0 heterocycles. The number of benzene rings is 1. The van der Waals surface area contributed by atoms with Gasteiger partial charge in [-0.25, -0.2) is 0 Å². The predicted octanol–water partition coefficient (Wildman–Crippen LogP) is 1.59. The second kappa shape index (κ2) is 3.66. The number of aryl methyl sites for hydroxylation is 1. The summed E-state index contributed by atoms with van der Waals surface area (Å²) in [5.41, 5.74) is 0.260. The molecule has 0 amide bonds. The van der Waals surface area contributed by atoms with E-state index in [0.29, 0.717) is 11.8 Å². The highest BCUT2D eigenvalue weighted by Crippen LogP contribution is 2.23. The van der Waals surface area contributed by atoms with E-state index in [4.69, 9.17) is 5.26 Å². The number of rotatable bonds is 2. The van der Waals surface area contributed by atoms with Gasteiger partial charge in [0.25, 0.3) is 5.69 Å². The Balaban J connectivity index is 3.52. The second-order valence-corrected chi connectivity index (χ2v) is 2.72. The Labute approximate surface area is 79.7 Å². The van der Waals surface area contributed by atoms with Crippen LogP contribution in [0.1, 0.15) is 21.5 Å². The van der Waals surface area contributed by atoms with Crippen molar-refractivity contribution in [1.29, 1.82) is 5.26 Å². The quantitative estimate of drug-likeness (QED) is 0.402. The van der Waals surface area contributed by atoms with Gasteiger partial charge in [0.05, 0.1) is 4.92 Å². The average Bonchev–Trinajstić information content (AvgIpc) is 2.15. The molecule has 0 saturated carbocycles. The largest absolute Gasteiger partial charge is 0.298 e. The normalized spacial score (nSPS) is 9.14. The van der Waals surface area contributed by atoms with Gasteiger partial charge in [-0.15, -0.1) is 0 Å². The molecule has 14 heavy (non-hydrogen) atoms. The third-order valence-electron chi connectivity index (χ3n) is 1.76. The molecule has 0 bridgehead atoms. The van der Waals surface area contributed by atoms with E-state index < -0.39 is 4.92 Å². The van der Waals surface area contributed by atoms with Gasteiger partial charge in [-0.2, -0.15) is 5.26 Å². The number of hydrogen-bond donors (Lipinski definition) is 0. The van der Waals surface area contributed by atoms with Gasteiger partial charge >= 0.3 is 0 Å². The summed E-state index contributed by atoms with van der Waals surface area (Å²) in [6.07, 6.45) is 0.553. The molecule has 0 aliphatic rings. The van der Waals surface area contributed by atoms with Gasteiger partial charge in [0.2, 0.25) is 0 Å². The molecule has 0 aromatic heterocycles. The molecule has 0 unspecified atom stereocenters. The highest BCUT2D eigenvalue weighted by Gasteiger charge is 2.17. The topological polar surface area (TPSA) is 84.0 Å². The maximum absolute atomic E-state index is 10.6. The number of carbonyl (C=O) groups is 1. The fraction of sp³-hybridized carbons (Fsp3) is 0.111. The molecule has 0 saturated heterocycles. The van der Waals surface area contributed by atoms with Crippen molar-refractivity contribution in [2.24, 2.45) is 0 Å². The number of nitriles is 1. The summed E-state index contributed by atoms with van der Waals surface area (Å²) in [7, 11) is 0. The van der Waals surface area contributed by atoms with Crippen LogP contribution in [0, 0.1) is 28.4 Å². The first-order valence-corrected chi connectivity index (χ1v) is 3.74. The molecule has 1 aromatic carbocycles. The van der Waals surface area contributed by atoms with Gasteiger partial charge in [-0.05, 0) is 19.1 Å². The van der Waals surface area contributed by atoms with Gasteiger partial charge in [-0.3, -0.25) is 14.9 Å². The summed E-state index contributed by atoms with van der Waals surface area (Å²) in [6.45, 7) is 1.49. The van der Waals surface area contributed by atoms with E-state index >= 15 is 0 Å². The Kier molecular flexibility index (Phi) is 2.58. The summed E-state index contributed by atoms with van der Waals surface area (Å²) >= 11 is 0. The minimum Gasteiger partial charge on any atom is -0.298 e. The Morgan fingerprint density at radius 3 is 2.64 bits per heavy atom. The Morgan fingerprint density at radius 1 is 1.57 bits per heavy atom. The molecule has 1 rings (SSSR count). The van der Waals surface area contributed by atoms with Gasteiger partial charge in [-0.1, -0.05) is 0 Å². The van der Waals surface area contributed by atoms with Crippen LogP contribution in [0.25, 0.3) is 0 Å². The van der Waals surface area contributed by atoms with Crippen LogP contribution >= 0.6 is 0 Å². The SMILES string of the molecule is Cc1cc(C=O)cc(C#N)c1[N+](=O)[O-]. The van der Waals surface area contributed by atoms with Crippen molar-refractivity contribution in [3.05, 3.63) is 38.9 Å². The summed E-state index contributed by atoms with van der Waals surface area (Å²) in [5, 5.41) is 19.2. The molecule has 0 N–H and O–H groups in total. The van der Waals surface area contributed by atoms with Crippen LogP contribution in [-0.4, -0.2) is 11.2 Å². The number of nitrogens with zero attached hydrogens (tertiary/aromatic N) is 2. The number of nitro benzene ring substituents is 1. The van der Waals surface area contributed by atoms with Crippen LogP contribution in [0.2, 0.25) is 0 Å². The van der Waals surface area contributed by atoms with E-state index in [1.54, 1.807) is 6.07 Å². The number of nitro groups is 1. The first-order chi connectivity index (χ1) is 6.60. The lowest BCUT2D eigenvalue weighted by Gasteiger charge is -1.99. The van der Waals surface area contributed by atoms with E-state index in [2.05, 4.69) is 0 Å². The standard InChI is InChI=1S/C9H6N2O3/c1-6-2-7(5-12)3-8(4-10)9(6)11(13)14/h2-3,5H,1H3. The molecular formula is C9H6N2O3. The van der Waals surface area contributed by atoms with E-state index in [9.17, 15) is 14.9 Å². The lowest BCUT2D eigenvalue weighted by molar-refractivity contribution is -0.385. The number of aldehydes is 1. The van der Waals surface area contributed by atoms with E-state index in [1.807, 2.05) is 0 Å². The zero-order valence-electron chi connectivity index (χ0n) is 7.35. The summed E-state index contributed by atoms with van der Waals surface area (Å²) in [5.74, 6) is 0. The van der Waals surface area contributed by atoms with Gasteiger partial charge in [0.1, 0.15) is 17.9 Å². The molecule has 0 spiro atoms. The van der Waals surface area contributed by atoms with Crippen LogP contribution in [0.3, 0.4) is 0 Å². The molecule has 0 aliphatic carbocycles. The second-order valence-electron chi connectivity index (χ2n) is 2.72. The Hall–Kier alpha value is -2.22. The summed E-state index contributed by atoms with van der Waals surface area (Å²) in [4.78, 5) is 20.4. The highest BCUT2D eigenvalue weighted by molar-refractivity contribution is 5.78.